The number of hydrogen-bond acceptors (Lipinski definition) is 3. The molecule has 2 aromatic carbocycles. The highest BCUT2D eigenvalue weighted by Crippen LogP contribution is 2.32. The number of alkyl halides is 3. The smallest absolute Gasteiger partial charge is 0.436 e. The van der Waals surface area contributed by atoms with Gasteiger partial charge in [-0.1, -0.05) is 23.2 Å². The third-order valence-electron chi connectivity index (χ3n) is 3.06. The van der Waals surface area contributed by atoms with E-state index in [-0.39, 0.29) is 17.1 Å². The van der Waals surface area contributed by atoms with E-state index in [0.29, 0.717) is 21.2 Å². The van der Waals surface area contributed by atoms with E-state index in [9.17, 15) is 18.0 Å². The van der Waals surface area contributed by atoms with Crippen LogP contribution in [0.3, 0.4) is 0 Å². The van der Waals surface area contributed by atoms with E-state index < -0.39 is 12.1 Å². The Hall–Kier alpha value is -2.25. The number of benzene rings is 2. The van der Waals surface area contributed by atoms with Crippen LogP contribution in [0, 0.1) is 0 Å². The number of hydrogen-bond donors (Lipinski definition) is 1. The summed E-state index contributed by atoms with van der Waals surface area (Å²) in [5.41, 5.74) is 1.04. The van der Waals surface area contributed by atoms with Crippen LogP contribution in [0.4, 0.5) is 18.9 Å². The summed E-state index contributed by atoms with van der Waals surface area (Å²) >= 11 is 11.9. The van der Waals surface area contributed by atoms with Crippen molar-refractivity contribution in [1.82, 2.24) is 4.98 Å². The van der Waals surface area contributed by atoms with Gasteiger partial charge < -0.3 is 9.73 Å². The largest absolute Gasteiger partial charge is 0.471 e. The Kier molecular flexibility index (Phi) is 4.15. The minimum absolute atomic E-state index is 0.0492. The quantitative estimate of drug-likeness (QED) is 0.661. The maximum Gasteiger partial charge on any atom is 0.471 e. The van der Waals surface area contributed by atoms with Gasteiger partial charge in [-0.05, 0) is 36.4 Å². The van der Waals surface area contributed by atoms with E-state index in [0.717, 1.165) is 0 Å². The molecule has 0 saturated carbocycles. The Labute approximate surface area is 143 Å². The van der Waals surface area contributed by atoms with Crippen molar-refractivity contribution in [2.75, 3.05) is 5.32 Å². The molecule has 0 atom stereocenters. The highest BCUT2D eigenvalue weighted by Gasteiger charge is 2.38. The molecular weight excluding hydrogens is 368 g/mol. The fourth-order valence-electron chi connectivity index (χ4n) is 1.99. The first-order valence-electron chi connectivity index (χ1n) is 6.48. The zero-order valence-electron chi connectivity index (χ0n) is 11.6. The third-order valence-corrected chi connectivity index (χ3v) is 3.61. The second kappa shape index (κ2) is 5.99. The number of rotatable bonds is 2. The van der Waals surface area contributed by atoms with Gasteiger partial charge in [0.15, 0.2) is 5.58 Å². The average Bonchev–Trinajstić information content (AvgIpc) is 2.88. The lowest BCUT2D eigenvalue weighted by molar-refractivity contribution is -0.167. The van der Waals surface area contributed by atoms with E-state index in [2.05, 4.69) is 4.98 Å². The topological polar surface area (TPSA) is 55.1 Å². The predicted molar refractivity (Wildman–Crippen MR) is 84.1 cm³/mol. The zero-order chi connectivity index (χ0) is 17.5. The lowest BCUT2D eigenvalue weighted by atomic mass is 10.2. The molecular formula is C15H7Cl2F3N2O2. The van der Waals surface area contributed by atoms with E-state index in [1.165, 1.54) is 24.3 Å². The maximum absolute atomic E-state index is 12.3. The van der Waals surface area contributed by atoms with Crippen LogP contribution in [0.1, 0.15) is 0 Å². The van der Waals surface area contributed by atoms with Gasteiger partial charge in [0.05, 0.1) is 10.6 Å². The summed E-state index contributed by atoms with van der Waals surface area (Å²) in [6.07, 6.45) is -4.97. The monoisotopic (exact) mass is 374 g/mol. The van der Waals surface area contributed by atoms with Crippen LogP contribution in [-0.4, -0.2) is 17.1 Å². The van der Waals surface area contributed by atoms with Crippen molar-refractivity contribution in [3.8, 4) is 11.5 Å². The summed E-state index contributed by atoms with van der Waals surface area (Å²) < 4.78 is 42.4. The first-order chi connectivity index (χ1) is 11.2. The van der Waals surface area contributed by atoms with Gasteiger partial charge in [-0.25, -0.2) is 4.98 Å². The molecule has 0 saturated heterocycles. The van der Waals surface area contributed by atoms with Crippen LogP contribution >= 0.6 is 23.2 Å². The number of anilines is 1. The van der Waals surface area contributed by atoms with E-state index >= 15 is 0 Å². The molecule has 1 heterocycles. The summed E-state index contributed by atoms with van der Waals surface area (Å²) in [4.78, 5) is 15.1. The minimum Gasteiger partial charge on any atom is -0.436 e. The lowest BCUT2D eigenvalue weighted by Gasteiger charge is -2.07. The molecule has 9 heteroatoms. The molecule has 24 heavy (non-hydrogen) atoms. The van der Waals surface area contributed by atoms with Crippen molar-refractivity contribution in [3.63, 3.8) is 0 Å². The number of halogens is 5. The fraction of sp³-hybridized carbons (Fsp3) is 0.0667. The SMILES string of the molecule is O=C(Nc1ccc2oc(-c3ccc(Cl)cc3Cl)nc2c1)C(F)(F)F. The Morgan fingerprint density at radius 3 is 2.54 bits per heavy atom. The standard InChI is InChI=1S/C15H7Cl2F3N2O2/c16-7-1-3-9(10(17)5-7)13-22-11-6-8(2-4-12(11)24-13)21-14(23)15(18,19)20/h1-6H,(H,21,23). The average molecular weight is 375 g/mol. The van der Waals surface area contributed by atoms with Gasteiger partial charge in [-0.3, -0.25) is 4.79 Å². The molecule has 124 valence electrons. The Bertz CT molecular complexity index is 938. The van der Waals surface area contributed by atoms with Crippen LogP contribution < -0.4 is 5.32 Å². The molecule has 1 amide bonds. The molecule has 0 fully saturated rings. The van der Waals surface area contributed by atoms with Crippen molar-refractivity contribution in [1.29, 1.82) is 0 Å². The van der Waals surface area contributed by atoms with Crippen molar-refractivity contribution in [2.24, 2.45) is 0 Å². The number of aromatic nitrogens is 1. The maximum atomic E-state index is 12.3. The summed E-state index contributed by atoms with van der Waals surface area (Å²) in [6.45, 7) is 0. The summed E-state index contributed by atoms with van der Waals surface area (Å²) in [5.74, 6) is -1.88. The molecule has 0 aliphatic rings. The highest BCUT2D eigenvalue weighted by atomic mass is 35.5. The summed E-state index contributed by atoms with van der Waals surface area (Å²) in [5, 5.41) is 2.51. The molecule has 0 aliphatic heterocycles. The predicted octanol–water partition coefficient (Wildman–Crippen LogP) is 5.30. The van der Waals surface area contributed by atoms with Gasteiger partial charge in [0, 0.05) is 10.7 Å². The molecule has 0 unspecified atom stereocenters. The van der Waals surface area contributed by atoms with E-state index in [1.807, 2.05) is 0 Å². The number of nitrogens with one attached hydrogen (secondary N) is 1. The third kappa shape index (κ3) is 3.32. The van der Waals surface area contributed by atoms with Crippen LogP contribution in [-0.2, 0) is 4.79 Å². The van der Waals surface area contributed by atoms with Gasteiger partial charge in [-0.2, -0.15) is 13.2 Å². The van der Waals surface area contributed by atoms with E-state index in [1.54, 1.807) is 17.4 Å². The van der Waals surface area contributed by atoms with E-state index in [4.69, 9.17) is 27.6 Å². The van der Waals surface area contributed by atoms with Crippen molar-refractivity contribution in [3.05, 3.63) is 46.4 Å². The molecule has 0 bridgehead atoms. The summed E-state index contributed by atoms with van der Waals surface area (Å²) in [7, 11) is 0. The molecule has 4 nitrogen and oxygen atoms in total. The van der Waals surface area contributed by atoms with Gasteiger partial charge in [0.2, 0.25) is 5.89 Å². The number of oxazole rings is 1. The van der Waals surface area contributed by atoms with Gasteiger partial charge in [0.1, 0.15) is 5.52 Å². The van der Waals surface area contributed by atoms with Gasteiger partial charge in [-0.15, -0.1) is 0 Å². The molecule has 1 aromatic heterocycles. The summed E-state index contributed by atoms with van der Waals surface area (Å²) in [6, 6.07) is 8.69. The van der Waals surface area contributed by atoms with Crippen molar-refractivity contribution in [2.45, 2.75) is 6.18 Å². The molecule has 3 aromatic rings. The molecule has 0 spiro atoms. The van der Waals surface area contributed by atoms with Crippen LogP contribution in [0.5, 0.6) is 0 Å². The normalized spacial score (nSPS) is 11.7. The number of carbonyl (C=O) groups excluding carboxylic acids is 1. The molecule has 1 N–H and O–H groups in total. The van der Waals surface area contributed by atoms with Crippen molar-refractivity contribution >= 4 is 45.9 Å². The fourth-order valence-corrected chi connectivity index (χ4v) is 2.47. The Morgan fingerprint density at radius 1 is 1.12 bits per heavy atom. The van der Waals surface area contributed by atoms with Gasteiger partial charge in [0.25, 0.3) is 0 Å². The Morgan fingerprint density at radius 2 is 1.88 bits per heavy atom. The van der Waals surface area contributed by atoms with Gasteiger partial charge >= 0.3 is 12.1 Å². The Balaban J connectivity index is 1.96. The lowest BCUT2D eigenvalue weighted by Crippen LogP contribution is -2.29. The zero-order valence-corrected chi connectivity index (χ0v) is 13.1. The molecule has 3 rings (SSSR count). The highest BCUT2D eigenvalue weighted by molar-refractivity contribution is 6.36. The number of nitrogens with zero attached hydrogens (tertiary/aromatic N) is 1. The molecule has 0 aliphatic carbocycles. The number of carbonyl (C=O) groups is 1. The number of amides is 1. The van der Waals surface area contributed by atoms with Crippen LogP contribution in [0.25, 0.3) is 22.6 Å². The number of fused-ring (bicyclic) bond motifs is 1. The molecule has 0 radical (unpaired) electrons. The van der Waals surface area contributed by atoms with Crippen LogP contribution in [0.2, 0.25) is 10.0 Å². The van der Waals surface area contributed by atoms with Crippen LogP contribution in [0.15, 0.2) is 40.8 Å². The minimum atomic E-state index is -4.97. The first kappa shape index (κ1) is 16.6. The second-order valence-corrected chi connectivity index (χ2v) is 5.62. The van der Waals surface area contributed by atoms with Crippen molar-refractivity contribution < 1.29 is 22.4 Å². The second-order valence-electron chi connectivity index (χ2n) is 4.78. The first-order valence-corrected chi connectivity index (χ1v) is 7.24.